The molecule has 3 heterocycles. The number of aromatic amines is 1. The van der Waals surface area contributed by atoms with Gasteiger partial charge in [0, 0.05) is 54.1 Å². The van der Waals surface area contributed by atoms with Crippen LogP contribution in [0.25, 0.3) is 10.9 Å². The van der Waals surface area contributed by atoms with Gasteiger partial charge in [-0.3, -0.25) is 14.7 Å². The number of hydrogen-bond acceptors (Lipinski definition) is 6. The van der Waals surface area contributed by atoms with E-state index in [0.717, 1.165) is 29.6 Å². The highest BCUT2D eigenvalue weighted by Crippen LogP contribution is 2.42. The first-order valence-electron chi connectivity index (χ1n) is 11.8. The van der Waals surface area contributed by atoms with Crippen LogP contribution in [0.15, 0.2) is 71.0 Å². The summed E-state index contributed by atoms with van der Waals surface area (Å²) >= 11 is 0. The summed E-state index contributed by atoms with van der Waals surface area (Å²) in [7, 11) is 1.36. The van der Waals surface area contributed by atoms with Crippen LogP contribution in [0.1, 0.15) is 36.5 Å². The summed E-state index contributed by atoms with van der Waals surface area (Å²) in [6, 6.07) is 16.2. The Kier molecular flexibility index (Phi) is 6.26. The fraction of sp³-hybridized carbons (Fsp3) is 0.321. The molecule has 0 amide bonds. The third-order valence-corrected chi connectivity index (χ3v) is 7.01. The molecule has 1 aromatic heterocycles. The highest BCUT2D eigenvalue weighted by atomic mass is 16.5. The number of nitrogens with zero attached hydrogens (tertiary/aromatic N) is 2. The van der Waals surface area contributed by atoms with Gasteiger partial charge < -0.3 is 14.5 Å². The maximum Gasteiger partial charge on any atom is 0.336 e. The van der Waals surface area contributed by atoms with E-state index in [1.807, 2.05) is 42.6 Å². The van der Waals surface area contributed by atoms with Crippen LogP contribution in [0.2, 0.25) is 0 Å². The van der Waals surface area contributed by atoms with Gasteiger partial charge >= 0.3 is 11.9 Å². The van der Waals surface area contributed by atoms with E-state index in [4.69, 9.17) is 9.47 Å². The van der Waals surface area contributed by atoms with Gasteiger partial charge in [-0.25, -0.2) is 4.79 Å². The Balaban J connectivity index is 1.40. The summed E-state index contributed by atoms with van der Waals surface area (Å²) in [6.45, 7) is 6.19. The molecule has 0 spiro atoms. The molecule has 0 aliphatic carbocycles. The molecule has 3 aromatic rings. The van der Waals surface area contributed by atoms with Crippen LogP contribution in [0, 0.1) is 5.92 Å². The number of carbonyl (C=O) groups excluding carboxylic acids is 2. The molecule has 0 radical (unpaired) electrons. The summed E-state index contributed by atoms with van der Waals surface area (Å²) in [4.78, 5) is 36.5. The zero-order valence-electron chi connectivity index (χ0n) is 20.2. The predicted molar refractivity (Wildman–Crippen MR) is 134 cm³/mol. The molecule has 35 heavy (non-hydrogen) atoms. The number of allylic oxidation sites excluding steroid dienone is 1. The minimum atomic E-state index is -0.710. The Bertz CT molecular complexity index is 1330. The van der Waals surface area contributed by atoms with Crippen molar-refractivity contribution in [2.45, 2.75) is 32.9 Å². The second-order valence-electron chi connectivity index (χ2n) is 9.14. The van der Waals surface area contributed by atoms with Gasteiger partial charge in [0.15, 0.2) is 0 Å². The topological polar surface area (TPSA) is 84.0 Å². The molecule has 0 saturated heterocycles. The van der Waals surface area contributed by atoms with Crippen molar-refractivity contribution in [1.29, 1.82) is 0 Å². The fourth-order valence-electron chi connectivity index (χ4n) is 5.33. The van der Waals surface area contributed by atoms with Gasteiger partial charge in [-0.05, 0) is 36.6 Å². The zero-order chi connectivity index (χ0) is 24.5. The average molecular weight is 472 g/mol. The molecule has 2 aliphatic heterocycles. The van der Waals surface area contributed by atoms with Gasteiger partial charge in [-0.2, -0.15) is 0 Å². The first kappa shape index (κ1) is 23.1. The molecule has 0 saturated carbocycles. The molecule has 0 bridgehead atoms. The molecule has 1 N–H and O–H groups in total. The van der Waals surface area contributed by atoms with Crippen LogP contribution < -0.4 is 0 Å². The highest BCUT2D eigenvalue weighted by Gasteiger charge is 2.43. The number of para-hydroxylation sites is 1. The number of methoxy groups -OCH3 is 1. The third-order valence-electron chi connectivity index (χ3n) is 7.01. The number of fused-ring (bicyclic) bond motifs is 2. The van der Waals surface area contributed by atoms with Crippen molar-refractivity contribution in [3.8, 4) is 0 Å². The van der Waals surface area contributed by atoms with E-state index in [2.05, 4.69) is 27.0 Å². The predicted octanol–water partition coefficient (Wildman–Crippen LogP) is 4.35. The first-order valence-corrected chi connectivity index (χ1v) is 11.8. The average Bonchev–Trinajstić information content (AvgIpc) is 3.47. The molecule has 180 valence electrons. The molecule has 7 nitrogen and oxygen atoms in total. The number of carbonyl (C=O) groups is 2. The van der Waals surface area contributed by atoms with Gasteiger partial charge in [-0.1, -0.05) is 42.5 Å². The summed E-state index contributed by atoms with van der Waals surface area (Å²) in [5, 5.41) is 0.953. The van der Waals surface area contributed by atoms with Crippen LogP contribution in [-0.4, -0.2) is 47.8 Å². The van der Waals surface area contributed by atoms with Crippen molar-refractivity contribution in [2.24, 2.45) is 10.9 Å². The van der Waals surface area contributed by atoms with Crippen molar-refractivity contribution in [2.75, 3.05) is 20.3 Å². The Morgan fingerprint density at radius 3 is 2.46 bits per heavy atom. The van der Waals surface area contributed by atoms with Crippen LogP contribution in [-0.2, 0) is 32.2 Å². The number of rotatable bonds is 6. The van der Waals surface area contributed by atoms with Crippen molar-refractivity contribution < 1.29 is 19.1 Å². The van der Waals surface area contributed by atoms with E-state index in [1.165, 1.54) is 18.2 Å². The van der Waals surface area contributed by atoms with E-state index >= 15 is 0 Å². The number of hydrogen-bond donors (Lipinski definition) is 1. The SMILES string of the molecule is COC(=O)C1C(C)=NC(C)=C(C(=O)OCCN2Cc3ccccc3C2)C1c1c[nH]c2ccccc12. The second-order valence-corrected chi connectivity index (χ2v) is 9.14. The highest BCUT2D eigenvalue weighted by molar-refractivity contribution is 6.07. The van der Waals surface area contributed by atoms with E-state index in [1.54, 1.807) is 13.8 Å². The van der Waals surface area contributed by atoms with Gasteiger partial charge in [-0.15, -0.1) is 0 Å². The quantitative estimate of drug-likeness (QED) is 0.541. The lowest BCUT2D eigenvalue weighted by atomic mass is 9.75. The van der Waals surface area contributed by atoms with Crippen LogP contribution in [0.4, 0.5) is 0 Å². The van der Waals surface area contributed by atoms with Crippen LogP contribution >= 0.6 is 0 Å². The molecule has 2 aliphatic rings. The maximum atomic E-state index is 13.5. The summed E-state index contributed by atoms with van der Waals surface area (Å²) in [5.41, 5.74) is 6.01. The molecular formula is C28H29N3O4. The number of nitrogens with one attached hydrogen (secondary N) is 1. The minimum absolute atomic E-state index is 0.260. The maximum absolute atomic E-state index is 13.5. The number of H-pyrrole nitrogens is 1. The lowest BCUT2D eigenvalue weighted by molar-refractivity contribution is -0.144. The van der Waals surface area contributed by atoms with Gasteiger partial charge in [0.1, 0.15) is 12.5 Å². The van der Waals surface area contributed by atoms with Crippen molar-refractivity contribution in [3.05, 3.63) is 82.7 Å². The van der Waals surface area contributed by atoms with E-state index < -0.39 is 23.8 Å². The molecule has 7 heteroatoms. The van der Waals surface area contributed by atoms with Crippen molar-refractivity contribution in [1.82, 2.24) is 9.88 Å². The fourth-order valence-corrected chi connectivity index (χ4v) is 5.33. The largest absolute Gasteiger partial charge is 0.468 e. The second kappa shape index (κ2) is 9.50. The smallest absolute Gasteiger partial charge is 0.336 e. The van der Waals surface area contributed by atoms with Crippen LogP contribution in [0.5, 0.6) is 0 Å². The van der Waals surface area contributed by atoms with E-state index in [9.17, 15) is 9.59 Å². The first-order chi connectivity index (χ1) is 17.0. The minimum Gasteiger partial charge on any atom is -0.468 e. The standard InChI is InChI=1S/C28H29N3O4/c1-17-24(27(32)34-3)26(22-14-29-23-11-7-6-10-21(22)23)25(18(2)30-17)28(33)35-13-12-31-15-19-8-4-5-9-20(19)16-31/h4-11,14,24,26,29H,12-13,15-16H2,1-3H3. The van der Waals surface area contributed by atoms with Gasteiger partial charge in [0.05, 0.1) is 12.7 Å². The number of aliphatic imine (C=N–C) groups is 1. The van der Waals surface area contributed by atoms with Gasteiger partial charge in [0.25, 0.3) is 0 Å². The van der Waals surface area contributed by atoms with Gasteiger partial charge in [0.2, 0.25) is 0 Å². The molecule has 2 aromatic carbocycles. The Morgan fingerprint density at radius 1 is 1.06 bits per heavy atom. The summed E-state index contributed by atoms with van der Waals surface area (Å²) in [6.07, 6.45) is 1.87. The Hall–Kier alpha value is -3.71. The number of benzene rings is 2. The van der Waals surface area contributed by atoms with E-state index in [-0.39, 0.29) is 6.61 Å². The summed E-state index contributed by atoms with van der Waals surface area (Å²) in [5.74, 6) is -2.13. The normalized spacial score (nSPS) is 20.0. The van der Waals surface area contributed by atoms with Crippen molar-refractivity contribution in [3.63, 3.8) is 0 Å². The Labute approximate surface area is 204 Å². The molecule has 5 rings (SSSR count). The monoisotopic (exact) mass is 471 g/mol. The number of esters is 2. The molecular weight excluding hydrogens is 442 g/mol. The molecule has 2 unspecified atom stereocenters. The Morgan fingerprint density at radius 2 is 1.74 bits per heavy atom. The number of aromatic nitrogens is 1. The van der Waals surface area contributed by atoms with Crippen molar-refractivity contribution >= 4 is 28.6 Å². The molecule has 2 atom stereocenters. The third kappa shape index (κ3) is 4.28. The lowest BCUT2D eigenvalue weighted by Gasteiger charge is -2.31. The lowest BCUT2D eigenvalue weighted by Crippen LogP contribution is -2.36. The zero-order valence-corrected chi connectivity index (χ0v) is 20.2. The number of ether oxygens (including phenoxy) is 2. The summed E-state index contributed by atoms with van der Waals surface area (Å²) < 4.78 is 10.9. The molecule has 0 fully saturated rings. The van der Waals surface area contributed by atoms with Crippen LogP contribution in [0.3, 0.4) is 0 Å². The van der Waals surface area contributed by atoms with E-state index in [0.29, 0.717) is 23.5 Å².